The van der Waals surface area contributed by atoms with Crippen LogP contribution in [0, 0.1) is 6.92 Å². The van der Waals surface area contributed by atoms with Crippen molar-refractivity contribution in [2.24, 2.45) is 0 Å². The number of amides is 1. The average Bonchev–Trinajstić information content (AvgIpc) is 2.90. The summed E-state index contributed by atoms with van der Waals surface area (Å²) in [6.45, 7) is 13.5. The quantitative estimate of drug-likeness (QED) is 0.108. The number of hydrogen-bond acceptors (Lipinski definition) is 6. The van der Waals surface area contributed by atoms with E-state index in [-0.39, 0.29) is 11.1 Å². The highest BCUT2D eigenvalue weighted by Gasteiger charge is 2.17. The summed E-state index contributed by atoms with van der Waals surface area (Å²) in [6, 6.07) is 17.9. The molecule has 41 heavy (non-hydrogen) atoms. The second-order valence-corrected chi connectivity index (χ2v) is 11.3. The van der Waals surface area contributed by atoms with Gasteiger partial charge < -0.3 is 19.2 Å². The fourth-order valence-corrected chi connectivity index (χ4v) is 4.30. The Bertz CT molecular complexity index is 1700. The predicted octanol–water partition coefficient (Wildman–Crippen LogP) is 7.88. The van der Waals surface area contributed by atoms with Crippen LogP contribution in [0.1, 0.15) is 68.6 Å². The van der Waals surface area contributed by atoms with Crippen molar-refractivity contribution in [2.75, 3.05) is 5.32 Å². The number of esters is 1. The van der Waals surface area contributed by atoms with Crippen molar-refractivity contribution in [1.29, 1.82) is 0 Å². The molecule has 4 rings (SSSR count). The molecule has 0 radical (unpaired) electrons. The van der Waals surface area contributed by atoms with Gasteiger partial charge in [-0.3, -0.25) is 9.59 Å². The minimum atomic E-state index is -0.679. The Kier molecular flexibility index (Phi) is 8.47. The van der Waals surface area contributed by atoms with E-state index < -0.39 is 17.5 Å². The Morgan fingerprint density at radius 2 is 1.61 bits per heavy atom. The smallest absolute Gasteiger partial charge is 0.360 e. The third kappa shape index (κ3) is 7.11. The summed E-state index contributed by atoms with van der Waals surface area (Å²) >= 11 is 0. The number of nitrogens with one attached hydrogen (secondary N) is 1. The largest absolute Gasteiger partial charge is 0.457 e. The van der Waals surface area contributed by atoms with Crippen LogP contribution in [0.15, 0.2) is 81.5 Å². The van der Waals surface area contributed by atoms with Crippen molar-refractivity contribution < 1.29 is 23.5 Å². The first kappa shape index (κ1) is 29.3. The Morgan fingerprint density at radius 3 is 2.24 bits per heavy atom. The molecule has 0 spiro atoms. The maximum Gasteiger partial charge on any atom is 0.360 e. The van der Waals surface area contributed by atoms with Gasteiger partial charge in [-0.15, -0.1) is 0 Å². The second kappa shape index (κ2) is 11.8. The van der Waals surface area contributed by atoms with Crippen molar-refractivity contribution in [3.05, 3.63) is 105 Å². The molecule has 4 aromatic rings. The number of aryl methyl sites for hydroxylation is 1. The summed E-state index contributed by atoms with van der Waals surface area (Å²) in [5, 5.41) is 3.30. The van der Waals surface area contributed by atoms with E-state index in [1.807, 2.05) is 57.2 Å². The van der Waals surface area contributed by atoms with Gasteiger partial charge in [0.2, 0.25) is 0 Å². The molecule has 1 heterocycles. The van der Waals surface area contributed by atoms with Crippen molar-refractivity contribution in [3.8, 4) is 17.2 Å². The molecule has 7 heteroatoms. The molecule has 0 fully saturated rings. The lowest BCUT2D eigenvalue weighted by molar-refractivity contribution is -0.131. The van der Waals surface area contributed by atoms with Gasteiger partial charge in [0.1, 0.15) is 28.5 Å². The van der Waals surface area contributed by atoms with Gasteiger partial charge in [-0.2, -0.15) is 0 Å². The predicted molar refractivity (Wildman–Crippen MR) is 161 cm³/mol. The summed E-state index contributed by atoms with van der Waals surface area (Å²) in [6.07, 6.45) is 2.46. The highest BCUT2D eigenvalue weighted by atomic mass is 16.5. The first-order valence-electron chi connectivity index (χ1n) is 13.4. The van der Waals surface area contributed by atoms with Crippen LogP contribution in [-0.2, 0) is 16.6 Å². The van der Waals surface area contributed by atoms with Crippen LogP contribution in [0.2, 0.25) is 0 Å². The van der Waals surface area contributed by atoms with Crippen LogP contribution in [0.25, 0.3) is 11.0 Å². The molecule has 0 aliphatic carbocycles. The van der Waals surface area contributed by atoms with Gasteiger partial charge >= 0.3 is 11.6 Å². The van der Waals surface area contributed by atoms with Gasteiger partial charge in [0, 0.05) is 23.4 Å². The summed E-state index contributed by atoms with van der Waals surface area (Å²) in [5.74, 6) is 0.694. The van der Waals surface area contributed by atoms with Crippen LogP contribution >= 0.6 is 0 Å². The number of ether oxygens (including phenoxy) is 2. The third-order valence-corrected chi connectivity index (χ3v) is 6.60. The van der Waals surface area contributed by atoms with Crippen molar-refractivity contribution in [2.45, 2.75) is 60.3 Å². The molecule has 3 aromatic carbocycles. The Hall–Kier alpha value is -4.65. The van der Waals surface area contributed by atoms with E-state index in [1.54, 1.807) is 30.3 Å². The van der Waals surface area contributed by atoms with Crippen molar-refractivity contribution >= 4 is 28.5 Å². The van der Waals surface area contributed by atoms with Crippen molar-refractivity contribution in [1.82, 2.24) is 0 Å². The number of rotatable bonds is 7. The lowest BCUT2D eigenvalue weighted by atomic mass is 9.87. The standard InChI is InChI=1S/C34H35NO6/c1-20(2)8-9-23-18-25(11-17-30(23)39-22(4)36)32(37)35-28-19-24-10-16-29(21(3)31(24)41-33(28)38)40-27-14-12-26(13-15-27)34(5,6)7/h8,10-19H,9H2,1-7H3,(H,35,37). The van der Waals surface area contributed by atoms with Gasteiger partial charge in [0.25, 0.3) is 5.91 Å². The molecule has 0 saturated heterocycles. The van der Waals surface area contributed by atoms with Crippen LogP contribution < -0.4 is 20.4 Å². The molecule has 1 aromatic heterocycles. The zero-order valence-electron chi connectivity index (χ0n) is 24.5. The number of carbonyl (C=O) groups excluding carboxylic acids is 2. The maximum atomic E-state index is 13.1. The van der Waals surface area contributed by atoms with E-state index in [0.717, 1.165) is 5.57 Å². The Labute approximate surface area is 239 Å². The fourth-order valence-electron chi connectivity index (χ4n) is 4.30. The minimum Gasteiger partial charge on any atom is -0.457 e. The molecule has 1 amide bonds. The van der Waals surface area contributed by atoms with Crippen LogP contribution in [-0.4, -0.2) is 11.9 Å². The van der Waals surface area contributed by atoms with E-state index in [9.17, 15) is 14.4 Å². The van der Waals surface area contributed by atoms with Crippen LogP contribution in [0.5, 0.6) is 17.2 Å². The first-order chi connectivity index (χ1) is 19.3. The summed E-state index contributed by atoms with van der Waals surface area (Å²) in [7, 11) is 0. The van der Waals surface area contributed by atoms with Gasteiger partial charge in [-0.1, -0.05) is 44.6 Å². The van der Waals surface area contributed by atoms with Crippen LogP contribution in [0.4, 0.5) is 5.69 Å². The summed E-state index contributed by atoms with van der Waals surface area (Å²) < 4.78 is 17.0. The molecular formula is C34H35NO6. The number of carbonyl (C=O) groups is 2. The maximum absolute atomic E-state index is 13.1. The van der Waals surface area contributed by atoms with E-state index >= 15 is 0 Å². The van der Waals surface area contributed by atoms with Crippen LogP contribution in [0.3, 0.4) is 0 Å². The molecule has 212 valence electrons. The van der Waals surface area contributed by atoms with E-state index in [2.05, 4.69) is 26.1 Å². The SMILES string of the molecule is CC(=O)Oc1ccc(C(=O)Nc2cc3ccc(Oc4ccc(C(C)(C)C)cc4)c(C)c3oc2=O)cc1CC=C(C)C. The normalized spacial score (nSPS) is 11.2. The molecule has 0 atom stereocenters. The van der Waals surface area contributed by atoms with Crippen molar-refractivity contribution in [3.63, 3.8) is 0 Å². The average molecular weight is 554 g/mol. The summed E-state index contributed by atoms with van der Waals surface area (Å²) in [4.78, 5) is 37.5. The number of allylic oxidation sites excluding steroid dienone is 2. The zero-order chi connectivity index (χ0) is 29.9. The van der Waals surface area contributed by atoms with E-state index in [1.165, 1.54) is 12.5 Å². The number of fused-ring (bicyclic) bond motifs is 1. The Balaban J connectivity index is 1.58. The molecule has 1 N–H and O–H groups in total. The van der Waals surface area contributed by atoms with Gasteiger partial charge in [-0.25, -0.2) is 4.79 Å². The highest BCUT2D eigenvalue weighted by molar-refractivity contribution is 6.05. The highest BCUT2D eigenvalue weighted by Crippen LogP contribution is 2.32. The first-order valence-corrected chi connectivity index (χ1v) is 13.4. The molecule has 0 aliphatic heterocycles. The van der Waals surface area contributed by atoms with Gasteiger partial charge in [-0.05, 0) is 92.3 Å². The van der Waals surface area contributed by atoms with Gasteiger partial charge in [0.05, 0.1) is 0 Å². The monoisotopic (exact) mass is 553 g/mol. The molecule has 7 nitrogen and oxygen atoms in total. The number of anilines is 1. The number of hydrogen-bond donors (Lipinski definition) is 1. The third-order valence-electron chi connectivity index (χ3n) is 6.60. The minimum absolute atomic E-state index is 0.0169. The lowest BCUT2D eigenvalue weighted by Gasteiger charge is -2.19. The van der Waals surface area contributed by atoms with Gasteiger partial charge in [0.15, 0.2) is 0 Å². The topological polar surface area (TPSA) is 94.8 Å². The van der Waals surface area contributed by atoms with E-state index in [0.29, 0.717) is 51.3 Å². The molecule has 0 aliphatic rings. The molecule has 0 bridgehead atoms. The number of benzene rings is 3. The second-order valence-electron chi connectivity index (χ2n) is 11.3. The fraction of sp³-hybridized carbons (Fsp3) is 0.265. The molecule has 0 saturated carbocycles. The Morgan fingerprint density at radius 1 is 0.927 bits per heavy atom. The van der Waals surface area contributed by atoms with E-state index in [4.69, 9.17) is 13.9 Å². The lowest BCUT2D eigenvalue weighted by Crippen LogP contribution is -2.18. The molecular weight excluding hydrogens is 518 g/mol. The summed E-state index contributed by atoms with van der Waals surface area (Å²) in [5.41, 5.74) is 3.70. The molecule has 0 unspecified atom stereocenters. The zero-order valence-corrected chi connectivity index (χ0v) is 24.5.